The molecule has 3 heterocycles. The van der Waals surface area contributed by atoms with Crippen molar-refractivity contribution in [2.75, 3.05) is 5.32 Å². The largest absolute Gasteiger partial charge is 0.331 e. The Bertz CT molecular complexity index is 680. The highest BCUT2D eigenvalue weighted by atomic mass is 32.1. The average Bonchev–Trinajstić information content (AvgIpc) is 3.22. The lowest BCUT2D eigenvalue weighted by Crippen LogP contribution is -2.29. The molecule has 124 valence electrons. The minimum Gasteiger partial charge on any atom is -0.331 e. The Kier molecular flexibility index (Phi) is 4.85. The van der Waals surface area contributed by atoms with E-state index < -0.39 is 0 Å². The maximum absolute atomic E-state index is 12.0. The maximum Gasteiger partial charge on any atom is 0.321 e. The zero-order chi connectivity index (χ0) is 16.2. The van der Waals surface area contributed by atoms with Crippen LogP contribution in [0.5, 0.6) is 0 Å². The fourth-order valence-corrected chi connectivity index (χ4v) is 3.51. The molecule has 1 aliphatic heterocycles. The summed E-state index contributed by atoms with van der Waals surface area (Å²) in [5.74, 6) is 2.16. The number of hydrogen-bond donors (Lipinski definition) is 2. The highest BCUT2D eigenvalue weighted by molar-refractivity contribution is 7.15. The predicted octanol–water partition coefficient (Wildman–Crippen LogP) is 2.30. The van der Waals surface area contributed by atoms with Gasteiger partial charge in [-0.05, 0) is 12.8 Å². The first-order valence-electron chi connectivity index (χ1n) is 7.96. The van der Waals surface area contributed by atoms with Crippen LogP contribution in [-0.4, -0.2) is 31.0 Å². The zero-order valence-corrected chi connectivity index (χ0v) is 14.2. The summed E-state index contributed by atoms with van der Waals surface area (Å²) in [4.78, 5) is 12.0. The summed E-state index contributed by atoms with van der Waals surface area (Å²) in [5.41, 5.74) is 0. The van der Waals surface area contributed by atoms with Crippen molar-refractivity contribution in [1.82, 2.24) is 30.3 Å². The highest BCUT2D eigenvalue weighted by Crippen LogP contribution is 2.26. The number of carbonyl (C=O) groups is 1. The lowest BCUT2D eigenvalue weighted by atomic mass is 10.1. The topological polar surface area (TPSA) is 97.6 Å². The van der Waals surface area contributed by atoms with E-state index in [2.05, 4.69) is 49.4 Å². The standard InChI is InChI=1S/C14H21N7OS/c1-3-5-9(2)12-19-20-14(23-12)16-13(22)15-8-11-18-17-10-6-4-7-21(10)11/h9H,3-8H2,1-2H3,(H2,15,16,20,22)/t9-/m1/s1. The van der Waals surface area contributed by atoms with E-state index >= 15 is 0 Å². The number of urea groups is 1. The van der Waals surface area contributed by atoms with Crippen LogP contribution in [0.25, 0.3) is 0 Å². The Labute approximate surface area is 138 Å². The van der Waals surface area contributed by atoms with Gasteiger partial charge in [0.2, 0.25) is 5.13 Å². The molecule has 9 heteroatoms. The zero-order valence-electron chi connectivity index (χ0n) is 13.4. The van der Waals surface area contributed by atoms with Crippen LogP contribution in [0.4, 0.5) is 9.93 Å². The predicted molar refractivity (Wildman–Crippen MR) is 87.4 cm³/mol. The van der Waals surface area contributed by atoms with Crippen LogP contribution < -0.4 is 10.6 Å². The van der Waals surface area contributed by atoms with Gasteiger partial charge >= 0.3 is 6.03 Å². The summed E-state index contributed by atoms with van der Waals surface area (Å²) in [6.07, 6.45) is 4.22. The normalized spacial score (nSPS) is 14.5. The molecule has 3 rings (SSSR count). The van der Waals surface area contributed by atoms with Crippen molar-refractivity contribution in [3.8, 4) is 0 Å². The SMILES string of the molecule is CCC[C@@H](C)c1nnc(NC(=O)NCc2nnc3n2CCC3)s1. The lowest BCUT2D eigenvalue weighted by Gasteiger charge is -2.05. The summed E-state index contributed by atoms with van der Waals surface area (Å²) >= 11 is 1.43. The monoisotopic (exact) mass is 335 g/mol. The van der Waals surface area contributed by atoms with E-state index in [1.807, 2.05) is 0 Å². The van der Waals surface area contributed by atoms with Crippen LogP contribution in [0.2, 0.25) is 0 Å². The number of anilines is 1. The molecule has 0 bridgehead atoms. The van der Waals surface area contributed by atoms with Gasteiger partial charge in [0.1, 0.15) is 10.8 Å². The van der Waals surface area contributed by atoms with Crippen LogP contribution in [0, 0.1) is 0 Å². The highest BCUT2D eigenvalue weighted by Gasteiger charge is 2.18. The first kappa shape index (κ1) is 15.9. The molecule has 1 aliphatic rings. The number of rotatable bonds is 6. The van der Waals surface area contributed by atoms with E-state index in [9.17, 15) is 4.79 Å². The molecule has 2 aromatic rings. The molecule has 2 N–H and O–H groups in total. The van der Waals surface area contributed by atoms with Gasteiger partial charge in [0.25, 0.3) is 0 Å². The Balaban J connectivity index is 1.51. The van der Waals surface area contributed by atoms with Crippen molar-refractivity contribution in [1.29, 1.82) is 0 Å². The minimum atomic E-state index is -0.300. The van der Waals surface area contributed by atoms with Crippen LogP contribution in [0.3, 0.4) is 0 Å². The third kappa shape index (κ3) is 3.66. The van der Waals surface area contributed by atoms with Crippen LogP contribution in [-0.2, 0) is 19.5 Å². The first-order chi connectivity index (χ1) is 11.2. The number of aryl methyl sites for hydroxylation is 1. The second kappa shape index (κ2) is 7.03. The quantitative estimate of drug-likeness (QED) is 0.844. The van der Waals surface area contributed by atoms with E-state index in [1.54, 1.807) is 0 Å². The molecule has 0 unspecified atom stereocenters. The third-order valence-electron chi connectivity index (χ3n) is 3.90. The van der Waals surface area contributed by atoms with Crippen LogP contribution >= 0.6 is 11.3 Å². The van der Waals surface area contributed by atoms with E-state index in [1.165, 1.54) is 11.3 Å². The number of fused-ring (bicyclic) bond motifs is 1. The van der Waals surface area contributed by atoms with Gasteiger partial charge in [0, 0.05) is 18.9 Å². The van der Waals surface area contributed by atoms with Crippen molar-refractivity contribution < 1.29 is 4.79 Å². The summed E-state index contributed by atoms with van der Waals surface area (Å²) in [7, 11) is 0. The Hall–Kier alpha value is -2.03. The molecule has 0 spiro atoms. The van der Waals surface area contributed by atoms with Gasteiger partial charge in [-0.15, -0.1) is 20.4 Å². The van der Waals surface area contributed by atoms with Crippen molar-refractivity contribution in [3.05, 3.63) is 16.7 Å². The fourth-order valence-electron chi connectivity index (χ4n) is 2.68. The molecule has 23 heavy (non-hydrogen) atoms. The third-order valence-corrected chi connectivity index (χ3v) is 4.97. The number of nitrogens with zero attached hydrogens (tertiary/aromatic N) is 5. The van der Waals surface area contributed by atoms with Crippen molar-refractivity contribution >= 4 is 22.5 Å². The molecule has 1 atom stereocenters. The van der Waals surface area contributed by atoms with E-state index in [4.69, 9.17) is 0 Å². The summed E-state index contributed by atoms with van der Waals surface area (Å²) in [6.45, 7) is 5.55. The number of nitrogens with one attached hydrogen (secondary N) is 2. The number of aromatic nitrogens is 5. The molecular weight excluding hydrogens is 314 g/mol. The number of amides is 2. The van der Waals surface area contributed by atoms with Gasteiger partial charge in [-0.1, -0.05) is 31.6 Å². The molecular formula is C14H21N7OS. The fraction of sp³-hybridized carbons (Fsp3) is 0.643. The summed E-state index contributed by atoms with van der Waals surface area (Å²) in [5, 5.41) is 23.4. The molecule has 0 aromatic carbocycles. The first-order valence-corrected chi connectivity index (χ1v) is 8.78. The van der Waals surface area contributed by atoms with Gasteiger partial charge in [0.05, 0.1) is 6.54 Å². The van der Waals surface area contributed by atoms with Gasteiger partial charge in [-0.3, -0.25) is 5.32 Å². The molecule has 2 aromatic heterocycles. The van der Waals surface area contributed by atoms with Crippen molar-refractivity contribution in [3.63, 3.8) is 0 Å². The van der Waals surface area contributed by atoms with E-state index in [0.29, 0.717) is 17.6 Å². The molecule has 2 amide bonds. The molecule has 0 radical (unpaired) electrons. The second-order valence-corrected chi connectivity index (χ2v) is 6.74. The Morgan fingerprint density at radius 3 is 3.04 bits per heavy atom. The molecule has 8 nitrogen and oxygen atoms in total. The van der Waals surface area contributed by atoms with Crippen molar-refractivity contribution in [2.24, 2.45) is 0 Å². The van der Waals surface area contributed by atoms with E-state index in [-0.39, 0.29) is 6.03 Å². The number of hydrogen-bond acceptors (Lipinski definition) is 6. The van der Waals surface area contributed by atoms with Gasteiger partial charge in [0.15, 0.2) is 5.82 Å². The second-order valence-electron chi connectivity index (χ2n) is 5.73. The average molecular weight is 335 g/mol. The van der Waals surface area contributed by atoms with Gasteiger partial charge < -0.3 is 9.88 Å². The Morgan fingerprint density at radius 2 is 2.22 bits per heavy atom. The summed E-state index contributed by atoms with van der Waals surface area (Å²) < 4.78 is 2.07. The Morgan fingerprint density at radius 1 is 1.35 bits per heavy atom. The number of carbonyl (C=O) groups excluding carboxylic acids is 1. The van der Waals surface area contributed by atoms with Gasteiger partial charge in [-0.25, -0.2) is 4.79 Å². The van der Waals surface area contributed by atoms with E-state index in [0.717, 1.165) is 48.9 Å². The molecule has 0 fully saturated rings. The van der Waals surface area contributed by atoms with Crippen LogP contribution in [0.15, 0.2) is 0 Å². The van der Waals surface area contributed by atoms with Crippen molar-refractivity contribution in [2.45, 2.75) is 58.5 Å². The smallest absolute Gasteiger partial charge is 0.321 e. The van der Waals surface area contributed by atoms with Gasteiger partial charge in [-0.2, -0.15) is 0 Å². The van der Waals surface area contributed by atoms with Crippen LogP contribution in [0.1, 0.15) is 55.7 Å². The molecule has 0 saturated heterocycles. The summed E-state index contributed by atoms with van der Waals surface area (Å²) in [6, 6.07) is -0.300. The molecule has 0 aliphatic carbocycles. The molecule has 0 saturated carbocycles. The maximum atomic E-state index is 12.0. The lowest BCUT2D eigenvalue weighted by molar-refractivity contribution is 0.251. The minimum absolute atomic E-state index is 0.300.